The van der Waals surface area contributed by atoms with Gasteiger partial charge in [-0.3, -0.25) is 9.59 Å². The van der Waals surface area contributed by atoms with Gasteiger partial charge in [-0.25, -0.2) is 0 Å². The first-order chi connectivity index (χ1) is 11.7. The van der Waals surface area contributed by atoms with Crippen molar-refractivity contribution in [2.24, 2.45) is 0 Å². The molecule has 0 atom stereocenters. The molecule has 0 bridgehead atoms. The highest BCUT2D eigenvalue weighted by atomic mass is 16.4. The van der Waals surface area contributed by atoms with Gasteiger partial charge in [0.1, 0.15) is 0 Å². The molecule has 2 rings (SSSR count). The summed E-state index contributed by atoms with van der Waals surface area (Å²) in [6.07, 6.45) is 6.12. The molecule has 0 fully saturated rings. The molecule has 0 spiro atoms. The lowest BCUT2D eigenvalue weighted by Gasteiger charge is -2.03. The Hall–Kier alpha value is -2.70. The van der Waals surface area contributed by atoms with Gasteiger partial charge in [0, 0.05) is 13.0 Å². The van der Waals surface area contributed by atoms with E-state index in [1.165, 1.54) is 11.0 Å². The number of carbonyl (C=O) groups excluding carboxylic acids is 1. The number of aliphatic carboxylic acids is 1. The summed E-state index contributed by atoms with van der Waals surface area (Å²) in [7, 11) is 0. The van der Waals surface area contributed by atoms with Crippen LogP contribution in [0.15, 0.2) is 36.5 Å². The van der Waals surface area contributed by atoms with Crippen LogP contribution in [-0.4, -0.2) is 38.5 Å². The molecular weight excluding hydrogens is 308 g/mol. The summed E-state index contributed by atoms with van der Waals surface area (Å²) >= 11 is 0. The van der Waals surface area contributed by atoms with Gasteiger partial charge in [-0.15, -0.1) is 5.10 Å². The number of aromatic nitrogens is 3. The lowest BCUT2D eigenvalue weighted by molar-refractivity contribution is -0.137. The van der Waals surface area contributed by atoms with Crippen LogP contribution in [0.3, 0.4) is 0 Å². The maximum absolute atomic E-state index is 12.0. The van der Waals surface area contributed by atoms with Crippen molar-refractivity contribution < 1.29 is 14.7 Å². The normalized spacial score (nSPS) is 10.5. The zero-order chi connectivity index (χ0) is 17.2. The van der Waals surface area contributed by atoms with Gasteiger partial charge in [-0.2, -0.15) is 9.90 Å². The number of carbonyl (C=O) groups is 2. The number of nitrogens with one attached hydrogen (secondary N) is 1. The molecule has 0 aliphatic carbocycles. The Morgan fingerprint density at radius 1 is 1.04 bits per heavy atom. The second-order valence-corrected chi connectivity index (χ2v) is 5.52. The predicted octanol–water partition coefficient (Wildman–Crippen LogP) is 2.42. The third-order valence-electron chi connectivity index (χ3n) is 3.56. The number of carboxylic acid groups (broad SMARTS) is 1. The third kappa shape index (κ3) is 5.83. The summed E-state index contributed by atoms with van der Waals surface area (Å²) in [6.45, 7) is 0.579. The fourth-order valence-corrected chi connectivity index (χ4v) is 2.28. The molecule has 2 N–H and O–H groups in total. The summed E-state index contributed by atoms with van der Waals surface area (Å²) in [5.74, 6) is -0.978. The molecule has 128 valence electrons. The van der Waals surface area contributed by atoms with Gasteiger partial charge >= 0.3 is 5.97 Å². The fourth-order valence-electron chi connectivity index (χ4n) is 2.28. The average Bonchev–Trinajstić information content (AvgIpc) is 3.08. The SMILES string of the molecule is O=C(O)CCCCCCCNC(=O)c1cnn(-c2ccccc2)n1. The van der Waals surface area contributed by atoms with Crippen LogP contribution in [0.2, 0.25) is 0 Å². The van der Waals surface area contributed by atoms with E-state index >= 15 is 0 Å². The molecule has 2 aromatic rings. The van der Waals surface area contributed by atoms with Gasteiger partial charge < -0.3 is 10.4 Å². The van der Waals surface area contributed by atoms with Gasteiger partial charge in [-0.1, -0.05) is 37.5 Å². The van der Waals surface area contributed by atoms with Crippen LogP contribution in [0, 0.1) is 0 Å². The molecule has 7 nitrogen and oxygen atoms in total. The Balaban J connectivity index is 1.65. The number of unbranched alkanes of at least 4 members (excludes halogenated alkanes) is 4. The lowest BCUT2D eigenvalue weighted by Crippen LogP contribution is -2.25. The monoisotopic (exact) mass is 330 g/mol. The largest absolute Gasteiger partial charge is 0.481 e. The number of nitrogens with zero attached hydrogens (tertiary/aromatic N) is 3. The molecule has 24 heavy (non-hydrogen) atoms. The van der Waals surface area contributed by atoms with E-state index in [9.17, 15) is 9.59 Å². The number of amides is 1. The molecule has 1 amide bonds. The number of carboxylic acids is 1. The maximum Gasteiger partial charge on any atom is 0.303 e. The highest BCUT2D eigenvalue weighted by Gasteiger charge is 2.10. The molecule has 1 heterocycles. The van der Waals surface area contributed by atoms with Crippen molar-refractivity contribution in [3.05, 3.63) is 42.2 Å². The molecule has 0 aliphatic rings. The maximum atomic E-state index is 12.0. The Bertz CT molecular complexity index is 655. The quantitative estimate of drug-likeness (QED) is 0.652. The first-order valence-corrected chi connectivity index (χ1v) is 8.14. The van der Waals surface area contributed by atoms with Crippen molar-refractivity contribution in [2.75, 3.05) is 6.54 Å². The second kappa shape index (κ2) is 9.44. The first-order valence-electron chi connectivity index (χ1n) is 8.14. The van der Waals surface area contributed by atoms with Crippen LogP contribution in [0.25, 0.3) is 5.69 Å². The lowest BCUT2D eigenvalue weighted by atomic mass is 10.1. The Labute approximate surface area is 140 Å². The highest BCUT2D eigenvalue weighted by Crippen LogP contribution is 2.06. The van der Waals surface area contributed by atoms with Crippen LogP contribution in [0.4, 0.5) is 0 Å². The standard InChI is InChI=1S/C17H22N4O3/c22-16(23)11-7-2-1-3-8-12-18-17(24)15-13-19-21(20-15)14-9-5-4-6-10-14/h4-6,9-10,13H,1-3,7-8,11-12H2,(H,18,24)(H,22,23). The number of hydrogen-bond donors (Lipinski definition) is 2. The van der Waals surface area contributed by atoms with Crippen molar-refractivity contribution in [1.29, 1.82) is 0 Å². The third-order valence-corrected chi connectivity index (χ3v) is 3.56. The summed E-state index contributed by atoms with van der Waals surface area (Å²) < 4.78 is 0. The van der Waals surface area contributed by atoms with Gasteiger partial charge in [0.25, 0.3) is 5.91 Å². The van der Waals surface area contributed by atoms with Crippen LogP contribution in [-0.2, 0) is 4.79 Å². The van der Waals surface area contributed by atoms with Gasteiger partial charge in [0.15, 0.2) is 5.69 Å². The first kappa shape index (κ1) is 17.7. The predicted molar refractivity (Wildman–Crippen MR) is 89.0 cm³/mol. The Kier molecular flexibility index (Phi) is 6.94. The fraction of sp³-hybridized carbons (Fsp3) is 0.412. The Morgan fingerprint density at radius 2 is 1.75 bits per heavy atom. The number of benzene rings is 1. The topological polar surface area (TPSA) is 97.1 Å². The zero-order valence-corrected chi connectivity index (χ0v) is 13.5. The molecule has 0 saturated carbocycles. The Morgan fingerprint density at radius 3 is 2.50 bits per heavy atom. The second-order valence-electron chi connectivity index (χ2n) is 5.52. The van der Waals surface area contributed by atoms with Gasteiger partial charge in [-0.05, 0) is 25.0 Å². The minimum Gasteiger partial charge on any atom is -0.481 e. The van der Waals surface area contributed by atoms with Gasteiger partial charge in [0.2, 0.25) is 0 Å². The molecule has 0 radical (unpaired) electrons. The molecule has 0 saturated heterocycles. The molecular formula is C17H22N4O3. The highest BCUT2D eigenvalue weighted by molar-refractivity contribution is 5.91. The zero-order valence-electron chi connectivity index (χ0n) is 13.5. The smallest absolute Gasteiger partial charge is 0.303 e. The van der Waals surface area contributed by atoms with E-state index in [0.29, 0.717) is 18.7 Å². The molecule has 0 unspecified atom stereocenters. The van der Waals surface area contributed by atoms with E-state index < -0.39 is 5.97 Å². The van der Waals surface area contributed by atoms with E-state index in [2.05, 4.69) is 15.5 Å². The van der Waals surface area contributed by atoms with Crippen LogP contribution in [0.1, 0.15) is 49.0 Å². The van der Waals surface area contributed by atoms with E-state index in [1.807, 2.05) is 30.3 Å². The summed E-state index contributed by atoms with van der Waals surface area (Å²) in [4.78, 5) is 23.8. The van der Waals surface area contributed by atoms with Crippen LogP contribution in [0.5, 0.6) is 0 Å². The van der Waals surface area contributed by atoms with E-state index in [-0.39, 0.29) is 12.3 Å². The average molecular weight is 330 g/mol. The minimum absolute atomic E-state index is 0.230. The van der Waals surface area contributed by atoms with Crippen molar-refractivity contribution in [3.8, 4) is 5.69 Å². The van der Waals surface area contributed by atoms with Crippen molar-refractivity contribution >= 4 is 11.9 Å². The number of rotatable bonds is 10. The van der Waals surface area contributed by atoms with Gasteiger partial charge in [0.05, 0.1) is 11.9 Å². The molecule has 7 heteroatoms. The van der Waals surface area contributed by atoms with Crippen molar-refractivity contribution in [2.45, 2.75) is 38.5 Å². The molecule has 0 aliphatic heterocycles. The van der Waals surface area contributed by atoms with Crippen LogP contribution < -0.4 is 5.32 Å². The van der Waals surface area contributed by atoms with Crippen LogP contribution >= 0.6 is 0 Å². The summed E-state index contributed by atoms with van der Waals surface area (Å²) in [6, 6.07) is 9.41. The van der Waals surface area contributed by atoms with E-state index in [0.717, 1.165) is 31.4 Å². The molecule has 1 aromatic heterocycles. The summed E-state index contributed by atoms with van der Waals surface area (Å²) in [5, 5.41) is 19.6. The van der Waals surface area contributed by atoms with E-state index in [1.54, 1.807) is 0 Å². The minimum atomic E-state index is -0.745. The van der Waals surface area contributed by atoms with Crippen molar-refractivity contribution in [1.82, 2.24) is 20.3 Å². The van der Waals surface area contributed by atoms with E-state index in [4.69, 9.17) is 5.11 Å². The molecule has 1 aromatic carbocycles. The number of para-hydroxylation sites is 1. The van der Waals surface area contributed by atoms with Crippen molar-refractivity contribution in [3.63, 3.8) is 0 Å². The summed E-state index contributed by atoms with van der Waals surface area (Å²) in [5.41, 5.74) is 1.10. The number of hydrogen-bond acceptors (Lipinski definition) is 4.